The van der Waals surface area contributed by atoms with E-state index in [9.17, 15) is 8.42 Å². The molecule has 0 bridgehead atoms. The van der Waals surface area contributed by atoms with Gasteiger partial charge in [-0.2, -0.15) is 0 Å². The molecule has 1 heterocycles. The Morgan fingerprint density at radius 1 is 1.39 bits per heavy atom. The number of nitrogens with zero attached hydrogens (tertiary/aromatic N) is 2. The third-order valence-electron chi connectivity index (χ3n) is 2.58. The van der Waals surface area contributed by atoms with Gasteiger partial charge in [0.2, 0.25) is 10.0 Å². The number of hydrogen-bond donors (Lipinski definition) is 2. The molecular weight excluding hydrogens is 252 g/mol. The van der Waals surface area contributed by atoms with Gasteiger partial charge in [-0.3, -0.25) is 0 Å². The quantitative estimate of drug-likeness (QED) is 0.795. The number of anilines is 1. The first-order valence-electron chi connectivity index (χ1n) is 5.25. The second-order valence-electron chi connectivity index (χ2n) is 3.88. The average molecular weight is 266 g/mol. The van der Waals surface area contributed by atoms with E-state index >= 15 is 0 Å². The van der Waals surface area contributed by atoms with Gasteiger partial charge in [0.15, 0.2) is 0 Å². The Morgan fingerprint density at radius 2 is 2.11 bits per heavy atom. The van der Waals surface area contributed by atoms with Crippen molar-refractivity contribution in [2.75, 3.05) is 12.8 Å². The summed E-state index contributed by atoms with van der Waals surface area (Å²) in [5, 5.41) is 0. The molecule has 0 saturated carbocycles. The summed E-state index contributed by atoms with van der Waals surface area (Å²) >= 11 is 0. The molecule has 2 aromatic rings. The standard InChI is InChI=1S/C11H14N4O2S/c1-13-18(16,17)8-3-4-10(12)9(5-8)11-6-15(2)7-14-11/h3-7,13H,12H2,1-2H3. The average Bonchev–Trinajstić information content (AvgIpc) is 2.76. The van der Waals surface area contributed by atoms with Gasteiger partial charge in [0.05, 0.1) is 16.9 Å². The number of rotatable bonds is 3. The molecule has 0 aliphatic rings. The summed E-state index contributed by atoms with van der Waals surface area (Å²) in [6, 6.07) is 4.55. The van der Waals surface area contributed by atoms with E-state index in [4.69, 9.17) is 5.73 Å². The minimum absolute atomic E-state index is 0.167. The van der Waals surface area contributed by atoms with Gasteiger partial charge >= 0.3 is 0 Å². The van der Waals surface area contributed by atoms with E-state index < -0.39 is 10.0 Å². The van der Waals surface area contributed by atoms with Crippen LogP contribution in [0, 0.1) is 0 Å². The maximum absolute atomic E-state index is 11.7. The second-order valence-corrected chi connectivity index (χ2v) is 5.77. The fraction of sp³-hybridized carbons (Fsp3) is 0.182. The van der Waals surface area contributed by atoms with Crippen molar-refractivity contribution in [3.63, 3.8) is 0 Å². The van der Waals surface area contributed by atoms with E-state index in [1.165, 1.54) is 19.2 Å². The molecule has 96 valence electrons. The number of aromatic nitrogens is 2. The van der Waals surface area contributed by atoms with E-state index in [0.717, 1.165) is 0 Å². The van der Waals surface area contributed by atoms with Gasteiger partial charge in [0, 0.05) is 24.5 Å². The molecule has 0 unspecified atom stereocenters. The van der Waals surface area contributed by atoms with Crippen molar-refractivity contribution < 1.29 is 8.42 Å². The SMILES string of the molecule is CNS(=O)(=O)c1ccc(N)c(-c2cn(C)cn2)c1. The Balaban J connectivity index is 2.59. The number of sulfonamides is 1. The Labute approximate surface area is 106 Å². The highest BCUT2D eigenvalue weighted by Gasteiger charge is 2.14. The third kappa shape index (κ3) is 2.22. The van der Waals surface area contributed by atoms with Crippen LogP contribution in [0.1, 0.15) is 0 Å². The first-order valence-corrected chi connectivity index (χ1v) is 6.74. The van der Waals surface area contributed by atoms with Crippen LogP contribution in [0.2, 0.25) is 0 Å². The lowest BCUT2D eigenvalue weighted by Gasteiger charge is -2.07. The van der Waals surface area contributed by atoms with E-state index in [-0.39, 0.29) is 4.90 Å². The van der Waals surface area contributed by atoms with Crippen LogP contribution in [0.5, 0.6) is 0 Å². The minimum Gasteiger partial charge on any atom is -0.398 e. The second kappa shape index (κ2) is 4.43. The molecule has 1 aromatic carbocycles. The topological polar surface area (TPSA) is 90.0 Å². The fourth-order valence-electron chi connectivity index (χ4n) is 1.59. The van der Waals surface area contributed by atoms with Crippen LogP contribution in [0.25, 0.3) is 11.3 Å². The molecule has 0 aliphatic carbocycles. The molecule has 0 aliphatic heterocycles. The molecule has 2 rings (SSSR count). The number of nitrogens with two attached hydrogens (primary N) is 1. The molecule has 6 nitrogen and oxygen atoms in total. The summed E-state index contributed by atoms with van der Waals surface area (Å²) in [4.78, 5) is 4.33. The Morgan fingerprint density at radius 3 is 2.67 bits per heavy atom. The maximum atomic E-state index is 11.7. The fourth-order valence-corrected chi connectivity index (χ4v) is 2.35. The number of nitrogen functional groups attached to an aromatic ring is 1. The number of benzene rings is 1. The molecule has 18 heavy (non-hydrogen) atoms. The Bertz CT molecular complexity index is 676. The van der Waals surface area contributed by atoms with Crippen molar-refractivity contribution in [3.05, 3.63) is 30.7 Å². The summed E-state index contributed by atoms with van der Waals surface area (Å²) in [5.41, 5.74) is 7.59. The van der Waals surface area contributed by atoms with Crippen molar-refractivity contribution in [2.24, 2.45) is 7.05 Å². The molecule has 0 radical (unpaired) electrons. The van der Waals surface area contributed by atoms with Crippen molar-refractivity contribution in [2.45, 2.75) is 4.90 Å². The van der Waals surface area contributed by atoms with E-state index in [1.807, 2.05) is 7.05 Å². The van der Waals surface area contributed by atoms with E-state index in [2.05, 4.69) is 9.71 Å². The van der Waals surface area contributed by atoms with Gasteiger partial charge in [0.1, 0.15) is 0 Å². The van der Waals surface area contributed by atoms with Crippen LogP contribution in [0.15, 0.2) is 35.6 Å². The summed E-state index contributed by atoms with van der Waals surface area (Å²) in [5.74, 6) is 0. The summed E-state index contributed by atoms with van der Waals surface area (Å²) in [6.07, 6.45) is 3.41. The molecule has 3 N–H and O–H groups in total. The first kappa shape index (κ1) is 12.6. The van der Waals surface area contributed by atoms with Crippen LogP contribution < -0.4 is 10.5 Å². The molecule has 1 aromatic heterocycles. The van der Waals surface area contributed by atoms with Gasteiger partial charge in [-0.1, -0.05) is 0 Å². The van der Waals surface area contributed by atoms with Crippen LogP contribution in [0.3, 0.4) is 0 Å². The Hall–Kier alpha value is -1.86. The number of hydrogen-bond acceptors (Lipinski definition) is 4. The van der Waals surface area contributed by atoms with Gasteiger partial charge in [-0.25, -0.2) is 18.1 Å². The summed E-state index contributed by atoms with van der Waals surface area (Å²) < 4.78 is 27.5. The lowest BCUT2D eigenvalue weighted by molar-refractivity contribution is 0.588. The predicted molar refractivity (Wildman–Crippen MR) is 69.3 cm³/mol. The van der Waals surface area contributed by atoms with Crippen molar-refractivity contribution in [3.8, 4) is 11.3 Å². The highest BCUT2D eigenvalue weighted by atomic mass is 32.2. The highest BCUT2D eigenvalue weighted by Crippen LogP contribution is 2.26. The van der Waals surface area contributed by atoms with Crippen LogP contribution in [0.4, 0.5) is 5.69 Å². The summed E-state index contributed by atoms with van der Waals surface area (Å²) in [6.45, 7) is 0. The van der Waals surface area contributed by atoms with Gasteiger partial charge in [0.25, 0.3) is 0 Å². The van der Waals surface area contributed by atoms with E-state index in [0.29, 0.717) is 16.9 Å². The molecular formula is C11H14N4O2S. The molecule has 0 saturated heterocycles. The zero-order valence-corrected chi connectivity index (χ0v) is 10.9. The van der Waals surface area contributed by atoms with Crippen LogP contribution >= 0.6 is 0 Å². The minimum atomic E-state index is -3.48. The summed E-state index contributed by atoms with van der Waals surface area (Å²) in [7, 11) is -0.277. The molecule has 0 atom stereocenters. The van der Waals surface area contributed by atoms with Crippen molar-refractivity contribution in [1.29, 1.82) is 0 Å². The van der Waals surface area contributed by atoms with E-state index in [1.54, 1.807) is 23.2 Å². The lowest BCUT2D eigenvalue weighted by atomic mass is 10.1. The molecule has 0 spiro atoms. The van der Waals surface area contributed by atoms with Crippen molar-refractivity contribution >= 4 is 15.7 Å². The van der Waals surface area contributed by atoms with Gasteiger partial charge < -0.3 is 10.3 Å². The molecule has 0 amide bonds. The zero-order valence-electron chi connectivity index (χ0n) is 10.1. The maximum Gasteiger partial charge on any atom is 0.240 e. The normalized spacial score (nSPS) is 11.7. The van der Waals surface area contributed by atoms with Gasteiger partial charge in [-0.05, 0) is 25.2 Å². The number of nitrogens with one attached hydrogen (secondary N) is 1. The van der Waals surface area contributed by atoms with Crippen molar-refractivity contribution in [1.82, 2.24) is 14.3 Å². The van der Waals surface area contributed by atoms with Gasteiger partial charge in [-0.15, -0.1) is 0 Å². The zero-order chi connectivity index (χ0) is 13.3. The number of aryl methyl sites for hydroxylation is 1. The number of imidazole rings is 1. The highest BCUT2D eigenvalue weighted by molar-refractivity contribution is 7.89. The van der Waals surface area contributed by atoms with Crippen LogP contribution in [-0.2, 0) is 17.1 Å². The van der Waals surface area contributed by atoms with Crippen LogP contribution in [-0.4, -0.2) is 25.0 Å². The monoisotopic (exact) mass is 266 g/mol. The first-order chi connectivity index (χ1) is 8.44. The Kier molecular flexibility index (Phi) is 3.10. The molecule has 0 fully saturated rings. The largest absolute Gasteiger partial charge is 0.398 e. The smallest absolute Gasteiger partial charge is 0.240 e. The third-order valence-corrected chi connectivity index (χ3v) is 4.00. The molecule has 7 heteroatoms. The lowest BCUT2D eigenvalue weighted by Crippen LogP contribution is -2.18. The predicted octanol–water partition coefficient (Wildman–Crippen LogP) is 0.577.